The predicted octanol–water partition coefficient (Wildman–Crippen LogP) is 2.54. The first-order valence-electron chi connectivity index (χ1n) is 3.29. The van der Waals surface area contributed by atoms with E-state index in [1.807, 2.05) is 13.0 Å². The van der Waals surface area contributed by atoms with Crippen molar-refractivity contribution in [1.29, 1.82) is 5.41 Å². The Balaban J connectivity index is 3.20. The van der Waals surface area contributed by atoms with E-state index in [2.05, 4.69) is 20.9 Å². The summed E-state index contributed by atoms with van der Waals surface area (Å²) in [4.78, 5) is 4.11. The highest BCUT2D eigenvalue weighted by Gasteiger charge is 2.01. The highest BCUT2D eigenvalue weighted by atomic mass is 79.9. The molecule has 0 unspecified atom stereocenters. The molecule has 0 saturated heterocycles. The zero-order valence-electron chi connectivity index (χ0n) is 6.48. The molecule has 1 heterocycles. The Morgan fingerprint density at radius 1 is 1.64 bits per heavy atom. The maximum absolute atomic E-state index is 7.37. The number of halogens is 1. The molecule has 0 aliphatic carbocycles. The Kier molecular flexibility index (Phi) is 2.39. The number of nitrogens with zero attached hydrogens (tertiary/aromatic N) is 1. The largest absolute Gasteiger partial charge is 0.303 e. The van der Waals surface area contributed by atoms with Crippen molar-refractivity contribution in [2.75, 3.05) is 0 Å². The molecule has 1 N–H and O–H groups in total. The van der Waals surface area contributed by atoms with Gasteiger partial charge in [-0.25, -0.2) is 0 Å². The van der Waals surface area contributed by atoms with E-state index < -0.39 is 0 Å². The van der Waals surface area contributed by atoms with Gasteiger partial charge < -0.3 is 5.41 Å². The van der Waals surface area contributed by atoms with Crippen molar-refractivity contribution in [3.8, 4) is 0 Å². The number of hydrogen-bond donors (Lipinski definition) is 1. The quantitative estimate of drug-likeness (QED) is 0.715. The number of rotatable bonds is 1. The third-order valence-corrected chi connectivity index (χ3v) is 1.83. The summed E-state index contributed by atoms with van der Waals surface area (Å²) in [6, 6.07) is 1.96. The molecular weight excluding hydrogens is 204 g/mol. The van der Waals surface area contributed by atoms with Gasteiger partial charge >= 0.3 is 0 Å². The third kappa shape index (κ3) is 1.87. The molecule has 0 atom stereocenters. The molecule has 0 aliphatic heterocycles. The Morgan fingerprint density at radius 2 is 2.27 bits per heavy atom. The molecule has 1 aromatic rings. The zero-order valence-corrected chi connectivity index (χ0v) is 8.07. The average molecular weight is 213 g/mol. The van der Waals surface area contributed by atoms with E-state index in [0.717, 1.165) is 15.7 Å². The molecule has 0 fully saturated rings. The van der Waals surface area contributed by atoms with E-state index in [-0.39, 0.29) is 0 Å². The molecule has 0 amide bonds. The molecule has 0 aromatic carbocycles. The second kappa shape index (κ2) is 3.13. The van der Waals surface area contributed by atoms with Crippen LogP contribution < -0.4 is 0 Å². The van der Waals surface area contributed by atoms with Crippen LogP contribution in [0.3, 0.4) is 0 Å². The van der Waals surface area contributed by atoms with E-state index in [1.54, 1.807) is 13.1 Å². The number of pyridine rings is 1. The smallest absolute Gasteiger partial charge is 0.0864 e. The first-order chi connectivity index (χ1) is 5.11. The topological polar surface area (TPSA) is 36.7 Å². The monoisotopic (exact) mass is 212 g/mol. The van der Waals surface area contributed by atoms with Crippen molar-refractivity contribution in [2.24, 2.45) is 0 Å². The van der Waals surface area contributed by atoms with Gasteiger partial charge in [0.05, 0.1) is 11.4 Å². The van der Waals surface area contributed by atoms with E-state index in [1.165, 1.54) is 0 Å². The molecule has 0 radical (unpaired) electrons. The number of aromatic nitrogens is 1. The molecule has 1 aromatic heterocycles. The molecule has 1 rings (SSSR count). The number of aryl methyl sites for hydroxylation is 1. The van der Waals surface area contributed by atoms with Crippen LogP contribution in [0.25, 0.3) is 0 Å². The van der Waals surface area contributed by atoms with Gasteiger partial charge in [0, 0.05) is 10.7 Å². The molecule has 3 heteroatoms. The Bertz CT molecular complexity index is 294. The summed E-state index contributed by atoms with van der Waals surface area (Å²) in [5.74, 6) is 0. The van der Waals surface area contributed by atoms with Crippen LogP contribution >= 0.6 is 15.9 Å². The summed E-state index contributed by atoms with van der Waals surface area (Å²) in [5, 5.41) is 7.37. The van der Waals surface area contributed by atoms with E-state index >= 15 is 0 Å². The summed E-state index contributed by atoms with van der Waals surface area (Å²) < 4.78 is 0.958. The van der Waals surface area contributed by atoms with Gasteiger partial charge in [0.1, 0.15) is 0 Å². The van der Waals surface area contributed by atoms with Crippen molar-refractivity contribution in [3.63, 3.8) is 0 Å². The lowest BCUT2D eigenvalue weighted by molar-refractivity contribution is 1.20. The second-order valence-electron chi connectivity index (χ2n) is 2.44. The molecule has 58 valence electrons. The predicted molar refractivity (Wildman–Crippen MR) is 49.2 cm³/mol. The van der Waals surface area contributed by atoms with Crippen LogP contribution in [0, 0.1) is 12.3 Å². The van der Waals surface area contributed by atoms with Crippen LogP contribution in [0.1, 0.15) is 18.2 Å². The Morgan fingerprint density at radius 3 is 2.73 bits per heavy atom. The fourth-order valence-corrected chi connectivity index (χ4v) is 1.38. The van der Waals surface area contributed by atoms with Gasteiger partial charge in [0.15, 0.2) is 0 Å². The van der Waals surface area contributed by atoms with Crippen LogP contribution in [0.2, 0.25) is 0 Å². The van der Waals surface area contributed by atoms with Crippen LogP contribution in [0.5, 0.6) is 0 Å². The lowest BCUT2D eigenvalue weighted by Crippen LogP contribution is -1.99. The fraction of sp³-hybridized carbons (Fsp3) is 0.250. The standard InChI is InChI=1S/C8H9BrN2/c1-5-3-7(9)4-11-8(5)6(2)10/h3-4,10H,1-2H3. The molecule has 0 spiro atoms. The van der Waals surface area contributed by atoms with Crippen molar-refractivity contribution < 1.29 is 0 Å². The number of hydrogen-bond acceptors (Lipinski definition) is 2. The minimum atomic E-state index is 0.509. The van der Waals surface area contributed by atoms with Gasteiger partial charge in [-0.15, -0.1) is 0 Å². The SMILES string of the molecule is CC(=N)c1ncc(Br)cc1C. The van der Waals surface area contributed by atoms with Gasteiger partial charge in [-0.1, -0.05) is 0 Å². The summed E-state index contributed by atoms with van der Waals surface area (Å²) in [5.41, 5.74) is 2.31. The van der Waals surface area contributed by atoms with Gasteiger partial charge in [-0.2, -0.15) is 0 Å². The number of nitrogens with one attached hydrogen (secondary N) is 1. The summed E-state index contributed by atoms with van der Waals surface area (Å²) >= 11 is 3.31. The van der Waals surface area contributed by atoms with Crippen LogP contribution in [-0.2, 0) is 0 Å². The normalized spacial score (nSPS) is 9.73. The first-order valence-corrected chi connectivity index (χ1v) is 4.08. The van der Waals surface area contributed by atoms with Gasteiger partial charge in [0.2, 0.25) is 0 Å². The van der Waals surface area contributed by atoms with Crippen molar-refractivity contribution in [3.05, 3.63) is 28.0 Å². The van der Waals surface area contributed by atoms with Crippen LogP contribution in [0.15, 0.2) is 16.7 Å². The lowest BCUT2D eigenvalue weighted by atomic mass is 10.1. The molecule has 0 saturated carbocycles. The van der Waals surface area contributed by atoms with Gasteiger partial charge in [0.25, 0.3) is 0 Å². The third-order valence-electron chi connectivity index (χ3n) is 1.40. The molecule has 0 aliphatic rings. The minimum absolute atomic E-state index is 0.509. The summed E-state index contributed by atoms with van der Waals surface area (Å²) in [7, 11) is 0. The van der Waals surface area contributed by atoms with Crippen molar-refractivity contribution in [2.45, 2.75) is 13.8 Å². The minimum Gasteiger partial charge on any atom is -0.303 e. The van der Waals surface area contributed by atoms with Crippen LogP contribution in [-0.4, -0.2) is 10.7 Å². The van der Waals surface area contributed by atoms with Crippen molar-refractivity contribution in [1.82, 2.24) is 4.98 Å². The Labute approximate surface area is 74.3 Å². The van der Waals surface area contributed by atoms with Crippen molar-refractivity contribution >= 4 is 21.6 Å². The fourth-order valence-electron chi connectivity index (χ4n) is 0.933. The zero-order chi connectivity index (χ0) is 8.43. The summed E-state index contributed by atoms with van der Waals surface area (Å²) in [6.07, 6.45) is 1.71. The summed E-state index contributed by atoms with van der Waals surface area (Å²) in [6.45, 7) is 3.69. The van der Waals surface area contributed by atoms with E-state index in [9.17, 15) is 0 Å². The van der Waals surface area contributed by atoms with E-state index in [0.29, 0.717) is 5.71 Å². The maximum Gasteiger partial charge on any atom is 0.0864 e. The lowest BCUT2D eigenvalue weighted by Gasteiger charge is -2.01. The first kappa shape index (κ1) is 8.40. The van der Waals surface area contributed by atoms with Crippen LogP contribution in [0.4, 0.5) is 0 Å². The maximum atomic E-state index is 7.37. The van der Waals surface area contributed by atoms with Gasteiger partial charge in [-0.05, 0) is 41.4 Å². The second-order valence-corrected chi connectivity index (χ2v) is 3.36. The molecule has 2 nitrogen and oxygen atoms in total. The highest BCUT2D eigenvalue weighted by Crippen LogP contribution is 2.12. The highest BCUT2D eigenvalue weighted by molar-refractivity contribution is 9.10. The Hall–Kier alpha value is -0.700. The van der Waals surface area contributed by atoms with Gasteiger partial charge in [-0.3, -0.25) is 4.98 Å². The molecular formula is C8H9BrN2. The molecule has 0 bridgehead atoms. The van der Waals surface area contributed by atoms with E-state index in [4.69, 9.17) is 5.41 Å². The molecule has 11 heavy (non-hydrogen) atoms. The average Bonchev–Trinajstić information content (AvgIpc) is 1.85.